The van der Waals surface area contributed by atoms with E-state index in [9.17, 15) is 0 Å². The third-order valence-electron chi connectivity index (χ3n) is 6.10. The summed E-state index contributed by atoms with van der Waals surface area (Å²) in [7, 11) is 0. The summed E-state index contributed by atoms with van der Waals surface area (Å²) in [6.45, 7) is 13.5. The van der Waals surface area contributed by atoms with Crippen molar-refractivity contribution in [2.45, 2.75) is 52.4 Å². The van der Waals surface area contributed by atoms with Gasteiger partial charge in [-0.25, -0.2) is 0 Å². The highest BCUT2D eigenvalue weighted by molar-refractivity contribution is 9.10. The number of aliphatic imine (C=N–C) groups is 1. The van der Waals surface area contributed by atoms with Gasteiger partial charge in [-0.05, 0) is 95.4 Å². The van der Waals surface area contributed by atoms with Gasteiger partial charge in [0.2, 0.25) is 0 Å². The van der Waals surface area contributed by atoms with Gasteiger partial charge < -0.3 is 0 Å². The summed E-state index contributed by atoms with van der Waals surface area (Å²) in [6, 6.07) is 22.2. The van der Waals surface area contributed by atoms with E-state index in [-0.39, 0.29) is 10.8 Å². The summed E-state index contributed by atoms with van der Waals surface area (Å²) < 4.78 is 0.913. The van der Waals surface area contributed by atoms with Crippen LogP contribution >= 0.6 is 28.1 Å². The Labute approximate surface area is 204 Å². The van der Waals surface area contributed by atoms with E-state index in [1.807, 2.05) is 6.07 Å². The molecule has 0 bridgehead atoms. The largest absolute Gasteiger partial charge is 0.193 e. The molecule has 0 aliphatic carbocycles. The van der Waals surface area contributed by atoms with Crippen molar-refractivity contribution in [2.75, 3.05) is 0 Å². The van der Waals surface area contributed by atoms with Gasteiger partial charge in [0.1, 0.15) is 0 Å². The first kappa shape index (κ1) is 22.9. The Morgan fingerprint density at radius 3 is 2.06 bits per heavy atom. The minimum atomic E-state index is 0.0587. The van der Waals surface area contributed by atoms with Gasteiger partial charge in [-0.1, -0.05) is 84.0 Å². The Morgan fingerprint density at radius 1 is 0.750 bits per heavy atom. The molecule has 0 aliphatic rings. The summed E-state index contributed by atoms with van der Waals surface area (Å²) in [6.07, 6.45) is 0. The predicted molar refractivity (Wildman–Crippen MR) is 147 cm³/mol. The monoisotopic (exact) mass is 501 g/mol. The Hall–Kier alpha value is -2.32. The fourth-order valence-corrected chi connectivity index (χ4v) is 4.77. The van der Waals surface area contributed by atoms with Crippen molar-refractivity contribution in [1.29, 1.82) is 0 Å². The summed E-state index contributed by atoms with van der Waals surface area (Å²) in [4.78, 5) is 4.44. The minimum absolute atomic E-state index is 0.0587. The molecule has 0 aromatic heterocycles. The van der Waals surface area contributed by atoms with Gasteiger partial charge in [-0.2, -0.15) is 4.99 Å². The molecule has 0 atom stereocenters. The zero-order valence-corrected chi connectivity index (χ0v) is 21.9. The van der Waals surface area contributed by atoms with Crippen LogP contribution in [-0.2, 0) is 10.8 Å². The van der Waals surface area contributed by atoms with Gasteiger partial charge in [0.25, 0.3) is 0 Å². The fourth-order valence-electron chi connectivity index (χ4n) is 4.22. The van der Waals surface area contributed by atoms with Crippen LogP contribution in [-0.4, -0.2) is 5.16 Å². The van der Waals surface area contributed by atoms with Crippen molar-refractivity contribution in [3.63, 3.8) is 0 Å². The lowest BCUT2D eigenvalue weighted by Crippen LogP contribution is -2.11. The highest BCUT2D eigenvalue weighted by Crippen LogP contribution is 2.44. The predicted octanol–water partition coefficient (Wildman–Crippen LogP) is 9.75. The summed E-state index contributed by atoms with van der Waals surface area (Å²) in [5.74, 6) is 0. The Bertz CT molecular complexity index is 1400. The number of halogens is 1. The second kappa shape index (κ2) is 8.23. The van der Waals surface area contributed by atoms with Crippen LogP contribution in [0.15, 0.2) is 70.1 Å². The van der Waals surface area contributed by atoms with Crippen LogP contribution < -0.4 is 0 Å². The minimum Gasteiger partial charge on any atom is -0.193 e. The zero-order chi connectivity index (χ0) is 23.3. The maximum Gasteiger partial charge on any atom is 0.0960 e. The van der Waals surface area contributed by atoms with E-state index in [0.29, 0.717) is 0 Å². The molecule has 1 nitrogen and oxygen atoms in total. The lowest BCUT2D eigenvalue weighted by molar-refractivity contribution is 0.590. The molecule has 0 unspecified atom stereocenters. The van der Waals surface area contributed by atoms with Crippen LogP contribution in [0.2, 0.25) is 0 Å². The van der Waals surface area contributed by atoms with Gasteiger partial charge in [-0.15, -0.1) is 0 Å². The van der Waals surface area contributed by atoms with Gasteiger partial charge in [0.15, 0.2) is 0 Å². The number of isothiocyanates is 1. The lowest BCUT2D eigenvalue weighted by atomic mass is 9.82. The lowest BCUT2D eigenvalue weighted by Gasteiger charge is -2.23. The SMILES string of the molecule is CC(C)(C)c1ccc2c(-c3cccc(Br)c3N=C=S)c3cc(C(C)(C)C)ccc3cc2c1. The number of para-hydroxylation sites is 1. The average Bonchev–Trinajstić information content (AvgIpc) is 2.71. The standard InChI is InChI=1S/C29H28BrNS/c1-28(2,3)20-12-13-22-19(15-20)14-18-10-11-21(29(4,5)6)16-24(18)26(22)23-8-7-9-25(30)27(23)31-17-32/h7-16H,1-6H3. The van der Waals surface area contributed by atoms with E-state index in [1.165, 1.54) is 38.2 Å². The molecule has 4 aromatic rings. The van der Waals surface area contributed by atoms with Crippen LogP contribution in [0, 0.1) is 0 Å². The molecular formula is C29H28BrNS. The van der Waals surface area contributed by atoms with Crippen molar-refractivity contribution in [3.8, 4) is 11.1 Å². The molecule has 3 heteroatoms. The van der Waals surface area contributed by atoms with Crippen LogP contribution in [0.4, 0.5) is 5.69 Å². The molecule has 0 saturated heterocycles. The zero-order valence-electron chi connectivity index (χ0n) is 19.5. The van der Waals surface area contributed by atoms with Crippen molar-refractivity contribution >= 4 is 60.5 Å². The molecule has 4 rings (SSSR count). The number of fused-ring (bicyclic) bond motifs is 2. The molecule has 0 aliphatic heterocycles. The summed E-state index contributed by atoms with van der Waals surface area (Å²) >= 11 is 8.66. The van der Waals surface area contributed by atoms with E-state index in [4.69, 9.17) is 12.2 Å². The van der Waals surface area contributed by atoms with Gasteiger partial charge in [0.05, 0.1) is 10.8 Å². The maximum absolute atomic E-state index is 4.99. The maximum atomic E-state index is 4.99. The number of benzene rings is 4. The van der Waals surface area contributed by atoms with Gasteiger partial charge >= 0.3 is 0 Å². The average molecular weight is 503 g/mol. The Morgan fingerprint density at radius 2 is 1.41 bits per heavy atom. The quantitative estimate of drug-likeness (QED) is 0.151. The van der Waals surface area contributed by atoms with Crippen LogP contribution in [0.5, 0.6) is 0 Å². The molecule has 0 fully saturated rings. The molecule has 0 spiro atoms. The summed E-state index contributed by atoms with van der Waals surface area (Å²) in [5, 5.41) is 7.48. The molecule has 0 saturated carbocycles. The van der Waals surface area contributed by atoms with Crippen LogP contribution in [0.25, 0.3) is 32.7 Å². The topological polar surface area (TPSA) is 12.4 Å². The Kier molecular flexibility index (Phi) is 5.88. The molecule has 162 valence electrons. The van der Waals surface area contributed by atoms with E-state index in [2.05, 4.69) is 122 Å². The highest BCUT2D eigenvalue weighted by Gasteiger charge is 2.20. The van der Waals surface area contributed by atoms with Crippen molar-refractivity contribution in [2.24, 2.45) is 4.99 Å². The molecule has 0 heterocycles. The first-order valence-electron chi connectivity index (χ1n) is 10.9. The van der Waals surface area contributed by atoms with E-state index >= 15 is 0 Å². The second-order valence-corrected chi connectivity index (χ2v) is 11.5. The normalized spacial score (nSPS) is 12.2. The number of hydrogen-bond acceptors (Lipinski definition) is 2. The van der Waals surface area contributed by atoms with Crippen LogP contribution in [0.1, 0.15) is 52.7 Å². The van der Waals surface area contributed by atoms with Gasteiger partial charge in [-0.3, -0.25) is 0 Å². The van der Waals surface area contributed by atoms with Crippen LogP contribution in [0.3, 0.4) is 0 Å². The number of rotatable bonds is 2. The second-order valence-electron chi connectivity index (χ2n) is 10.5. The van der Waals surface area contributed by atoms with E-state index in [0.717, 1.165) is 15.7 Å². The number of hydrogen-bond donors (Lipinski definition) is 0. The fraction of sp³-hybridized carbons (Fsp3) is 0.276. The molecule has 0 radical (unpaired) electrons. The third kappa shape index (κ3) is 4.18. The van der Waals surface area contributed by atoms with Crippen molar-refractivity contribution in [1.82, 2.24) is 0 Å². The Balaban J connectivity index is 2.21. The third-order valence-corrected chi connectivity index (χ3v) is 6.83. The number of thiocarbonyl (C=S) groups is 1. The number of nitrogens with zero attached hydrogens (tertiary/aromatic N) is 1. The van der Waals surface area contributed by atoms with E-state index < -0.39 is 0 Å². The van der Waals surface area contributed by atoms with Crippen molar-refractivity contribution < 1.29 is 0 Å². The first-order valence-corrected chi connectivity index (χ1v) is 12.1. The highest BCUT2D eigenvalue weighted by atomic mass is 79.9. The molecule has 32 heavy (non-hydrogen) atoms. The molecular weight excluding hydrogens is 474 g/mol. The first-order chi connectivity index (χ1) is 15.0. The summed E-state index contributed by atoms with van der Waals surface area (Å²) in [5.41, 5.74) is 5.85. The van der Waals surface area contributed by atoms with Crippen molar-refractivity contribution in [3.05, 3.63) is 76.3 Å². The molecule has 4 aromatic carbocycles. The smallest absolute Gasteiger partial charge is 0.0960 e. The van der Waals surface area contributed by atoms with E-state index in [1.54, 1.807) is 0 Å². The van der Waals surface area contributed by atoms with Gasteiger partial charge in [0, 0.05) is 10.0 Å². The molecule has 0 amide bonds. The molecule has 0 N–H and O–H groups in total.